The first-order valence-corrected chi connectivity index (χ1v) is 6.70. The van der Waals surface area contributed by atoms with Crippen LogP contribution in [0.3, 0.4) is 0 Å². The number of imidazole rings is 1. The molecule has 3 nitrogen and oxygen atoms in total. The standard InChI is InChI=1S/C15H11ClF2N2O/c16-10-3-1-9(2-4-10)15-19-13-7-11(17)12(18)8-14(13)20(15)5-6-21/h1-4,7-8,21H,5-6H2. The molecular weight excluding hydrogens is 298 g/mol. The van der Waals surface area contributed by atoms with Gasteiger partial charge in [-0.25, -0.2) is 13.8 Å². The highest BCUT2D eigenvalue weighted by Crippen LogP contribution is 2.27. The van der Waals surface area contributed by atoms with Crippen molar-refractivity contribution in [2.75, 3.05) is 6.61 Å². The second-order valence-corrected chi connectivity index (χ2v) is 5.01. The van der Waals surface area contributed by atoms with Crippen molar-refractivity contribution in [3.05, 3.63) is 53.1 Å². The Morgan fingerprint density at radius 2 is 1.76 bits per heavy atom. The van der Waals surface area contributed by atoms with Gasteiger partial charge in [0.25, 0.3) is 0 Å². The Kier molecular flexibility index (Phi) is 3.61. The molecule has 0 bridgehead atoms. The van der Waals surface area contributed by atoms with Crippen LogP contribution in [0, 0.1) is 11.6 Å². The summed E-state index contributed by atoms with van der Waals surface area (Å²) in [5, 5.41) is 9.78. The smallest absolute Gasteiger partial charge is 0.161 e. The van der Waals surface area contributed by atoms with E-state index in [2.05, 4.69) is 4.98 Å². The van der Waals surface area contributed by atoms with Crippen LogP contribution < -0.4 is 0 Å². The van der Waals surface area contributed by atoms with Gasteiger partial charge in [0.05, 0.1) is 17.6 Å². The largest absolute Gasteiger partial charge is 0.395 e. The minimum absolute atomic E-state index is 0.134. The molecule has 0 amide bonds. The molecule has 2 aromatic carbocycles. The van der Waals surface area contributed by atoms with Crippen molar-refractivity contribution in [3.63, 3.8) is 0 Å². The summed E-state index contributed by atoms with van der Waals surface area (Å²) in [5.74, 6) is -1.36. The predicted molar refractivity (Wildman–Crippen MR) is 77.2 cm³/mol. The highest BCUT2D eigenvalue weighted by atomic mass is 35.5. The lowest BCUT2D eigenvalue weighted by atomic mass is 10.2. The van der Waals surface area contributed by atoms with Gasteiger partial charge in [0.15, 0.2) is 11.6 Å². The lowest BCUT2D eigenvalue weighted by molar-refractivity contribution is 0.278. The number of hydrogen-bond acceptors (Lipinski definition) is 2. The van der Waals surface area contributed by atoms with Gasteiger partial charge in [-0.15, -0.1) is 0 Å². The molecule has 1 aromatic heterocycles. The molecule has 1 heterocycles. The molecule has 0 saturated carbocycles. The number of nitrogens with zero attached hydrogens (tertiary/aromatic N) is 2. The fourth-order valence-electron chi connectivity index (χ4n) is 2.27. The Hall–Kier alpha value is -1.98. The summed E-state index contributed by atoms with van der Waals surface area (Å²) >= 11 is 5.85. The van der Waals surface area contributed by atoms with Crippen molar-refractivity contribution in [2.45, 2.75) is 6.54 Å². The number of halogens is 3. The van der Waals surface area contributed by atoms with Crippen LogP contribution in [0.1, 0.15) is 0 Å². The second kappa shape index (κ2) is 5.42. The van der Waals surface area contributed by atoms with Gasteiger partial charge in [-0.3, -0.25) is 0 Å². The summed E-state index contributed by atoms with van der Waals surface area (Å²) < 4.78 is 28.4. The Morgan fingerprint density at radius 1 is 1.10 bits per heavy atom. The highest BCUT2D eigenvalue weighted by molar-refractivity contribution is 6.30. The zero-order chi connectivity index (χ0) is 15.0. The molecule has 0 aliphatic heterocycles. The van der Waals surface area contributed by atoms with E-state index >= 15 is 0 Å². The normalized spacial score (nSPS) is 11.2. The number of aliphatic hydroxyl groups is 1. The molecule has 108 valence electrons. The van der Waals surface area contributed by atoms with E-state index in [9.17, 15) is 13.9 Å². The Morgan fingerprint density at radius 3 is 2.43 bits per heavy atom. The van der Waals surface area contributed by atoms with E-state index in [1.165, 1.54) is 0 Å². The highest BCUT2D eigenvalue weighted by Gasteiger charge is 2.15. The summed E-state index contributed by atoms with van der Waals surface area (Å²) in [6.45, 7) is 0.102. The average Bonchev–Trinajstić information content (AvgIpc) is 2.79. The Bertz CT molecular complexity index is 800. The maximum absolute atomic E-state index is 13.4. The van der Waals surface area contributed by atoms with Gasteiger partial charge in [-0.2, -0.15) is 0 Å². The first kappa shape index (κ1) is 14.0. The summed E-state index contributed by atoms with van der Waals surface area (Å²) in [6.07, 6.45) is 0. The van der Waals surface area contributed by atoms with E-state index in [0.717, 1.165) is 17.7 Å². The van der Waals surface area contributed by atoms with Crippen LogP contribution >= 0.6 is 11.6 Å². The maximum Gasteiger partial charge on any atom is 0.161 e. The second-order valence-electron chi connectivity index (χ2n) is 4.57. The molecule has 0 atom stereocenters. The molecular formula is C15H11ClF2N2O. The van der Waals surface area contributed by atoms with E-state index in [0.29, 0.717) is 21.9 Å². The first-order valence-electron chi connectivity index (χ1n) is 6.32. The van der Waals surface area contributed by atoms with Crippen molar-refractivity contribution in [3.8, 4) is 11.4 Å². The van der Waals surface area contributed by atoms with E-state index in [-0.39, 0.29) is 13.2 Å². The fourth-order valence-corrected chi connectivity index (χ4v) is 2.39. The van der Waals surface area contributed by atoms with Crippen LogP contribution in [0.5, 0.6) is 0 Å². The molecule has 0 unspecified atom stereocenters. The molecule has 0 aliphatic rings. The molecule has 0 fully saturated rings. The van der Waals surface area contributed by atoms with Gasteiger partial charge < -0.3 is 9.67 Å². The summed E-state index contributed by atoms with van der Waals surface area (Å²) in [4.78, 5) is 4.34. The lowest BCUT2D eigenvalue weighted by Crippen LogP contribution is -2.04. The van der Waals surface area contributed by atoms with Gasteiger partial charge >= 0.3 is 0 Å². The first-order chi connectivity index (χ1) is 10.1. The fraction of sp³-hybridized carbons (Fsp3) is 0.133. The molecule has 1 N–H and O–H groups in total. The molecule has 21 heavy (non-hydrogen) atoms. The van der Waals surface area contributed by atoms with Crippen LogP contribution in [0.4, 0.5) is 8.78 Å². The number of benzene rings is 2. The summed E-state index contributed by atoms with van der Waals surface area (Å²) in [6, 6.07) is 9.10. The number of aliphatic hydroxyl groups excluding tert-OH is 1. The van der Waals surface area contributed by atoms with Gasteiger partial charge in [0.2, 0.25) is 0 Å². The Balaban J connectivity index is 2.25. The molecule has 0 saturated heterocycles. The maximum atomic E-state index is 13.4. The molecule has 0 radical (unpaired) electrons. The minimum Gasteiger partial charge on any atom is -0.395 e. The zero-order valence-electron chi connectivity index (χ0n) is 10.9. The minimum atomic E-state index is -0.946. The molecule has 0 aliphatic carbocycles. The van der Waals surface area contributed by atoms with Gasteiger partial charge in [-0.05, 0) is 24.3 Å². The van der Waals surface area contributed by atoms with Crippen molar-refractivity contribution in [1.82, 2.24) is 9.55 Å². The third-order valence-corrected chi connectivity index (χ3v) is 3.47. The van der Waals surface area contributed by atoms with Crippen molar-refractivity contribution in [2.24, 2.45) is 0 Å². The van der Waals surface area contributed by atoms with E-state index in [4.69, 9.17) is 11.6 Å². The molecule has 3 aromatic rings. The SMILES string of the molecule is OCCn1c(-c2ccc(Cl)cc2)nc2cc(F)c(F)cc21. The summed E-state index contributed by atoms with van der Waals surface area (Å²) in [7, 11) is 0. The van der Waals surface area contributed by atoms with Crippen LogP contribution in [0.25, 0.3) is 22.4 Å². The Labute approximate surface area is 124 Å². The van der Waals surface area contributed by atoms with E-state index in [1.807, 2.05) is 0 Å². The van der Waals surface area contributed by atoms with Crippen LogP contribution in [0.2, 0.25) is 5.02 Å². The average molecular weight is 309 g/mol. The van der Waals surface area contributed by atoms with Crippen LogP contribution in [0.15, 0.2) is 36.4 Å². The van der Waals surface area contributed by atoms with Gasteiger partial charge in [0.1, 0.15) is 5.82 Å². The predicted octanol–water partition coefficient (Wildman–Crippen LogP) is 3.63. The van der Waals surface area contributed by atoms with Crippen LogP contribution in [-0.2, 0) is 6.54 Å². The third-order valence-electron chi connectivity index (χ3n) is 3.22. The topological polar surface area (TPSA) is 38.0 Å². The number of hydrogen-bond donors (Lipinski definition) is 1. The summed E-state index contributed by atoms with van der Waals surface area (Å²) in [5.41, 5.74) is 1.53. The number of fused-ring (bicyclic) bond motifs is 1. The molecule has 0 spiro atoms. The molecule has 6 heteroatoms. The third kappa shape index (κ3) is 2.50. The monoisotopic (exact) mass is 308 g/mol. The van der Waals surface area contributed by atoms with Crippen molar-refractivity contribution in [1.29, 1.82) is 0 Å². The quantitative estimate of drug-likeness (QED) is 0.802. The lowest BCUT2D eigenvalue weighted by Gasteiger charge is -2.07. The van der Waals surface area contributed by atoms with Gasteiger partial charge in [-0.1, -0.05) is 11.6 Å². The molecule has 3 rings (SSSR count). The van der Waals surface area contributed by atoms with E-state index in [1.54, 1.807) is 28.8 Å². The van der Waals surface area contributed by atoms with Crippen molar-refractivity contribution < 1.29 is 13.9 Å². The number of aromatic nitrogens is 2. The number of rotatable bonds is 3. The van der Waals surface area contributed by atoms with E-state index < -0.39 is 11.6 Å². The van der Waals surface area contributed by atoms with Gasteiger partial charge in [0, 0.05) is 29.3 Å². The van der Waals surface area contributed by atoms with Crippen molar-refractivity contribution >= 4 is 22.6 Å². The zero-order valence-corrected chi connectivity index (χ0v) is 11.6. The van der Waals surface area contributed by atoms with Crippen LogP contribution in [-0.4, -0.2) is 21.3 Å².